The Kier molecular flexibility index (Phi) is 15.5. The number of hydrogen-bond donors (Lipinski definition) is 0. The molecular weight excluding hydrogens is 518 g/mol. The van der Waals surface area contributed by atoms with Crippen LogP contribution < -0.4 is 0 Å². The lowest BCUT2D eigenvalue weighted by molar-refractivity contribution is -0.173. The zero-order valence-electron chi connectivity index (χ0n) is 25.0. The van der Waals surface area contributed by atoms with E-state index >= 15 is 0 Å². The van der Waals surface area contributed by atoms with Crippen LogP contribution in [0.25, 0.3) is 0 Å². The molecule has 1 heterocycles. The first kappa shape index (κ1) is 34.5. The highest BCUT2D eigenvalue weighted by atomic mass is 19.3. The molecule has 2 fully saturated rings. The van der Waals surface area contributed by atoms with Gasteiger partial charge < -0.3 is 14.2 Å². The van der Waals surface area contributed by atoms with Gasteiger partial charge in [-0.15, -0.1) is 0 Å². The van der Waals surface area contributed by atoms with E-state index in [-0.39, 0.29) is 42.7 Å². The highest BCUT2D eigenvalue weighted by Gasteiger charge is 2.52. The number of esters is 1. The standard InChI is InChI=1S/C32H52F2O6/c1-4-5-6-13-22-32(33,34)29(36)20-18-26-17-19-28(35)31(26,40-27-15-14-23-38-24-27)21-12-10-8-7-9-11-16-30(37)39-25(2)3/h11,16,25-27H,4-10,12-15,17-24H2,1-3H3/t26-,27?,31-/m1/s1. The van der Waals surface area contributed by atoms with E-state index in [1.54, 1.807) is 0 Å². The summed E-state index contributed by atoms with van der Waals surface area (Å²) < 4.78 is 46.3. The fraction of sp³-hybridized carbons (Fsp3) is 0.844. The van der Waals surface area contributed by atoms with Gasteiger partial charge in [-0.25, -0.2) is 4.79 Å². The molecular formula is C32H52F2O6. The molecule has 1 saturated heterocycles. The summed E-state index contributed by atoms with van der Waals surface area (Å²) in [7, 11) is 0. The molecule has 0 aromatic rings. The zero-order chi connectivity index (χ0) is 29.4. The number of carbonyl (C=O) groups is 3. The molecule has 6 nitrogen and oxygen atoms in total. The number of alkyl halides is 2. The number of Topliss-reactive ketones (excluding diaryl/α,β-unsaturated/α-hetero) is 2. The second-order valence-electron chi connectivity index (χ2n) is 11.8. The van der Waals surface area contributed by atoms with Crippen molar-refractivity contribution < 1.29 is 37.4 Å². The Morgan fingerprint density at radius 2 is 1.85 bits per heavy atom. The average molecular weight is 571 g/mol. The lowest BCUT2D eigenvalue weighted by Gasteiger charge is -2.39. The molecule has 1 aliphatic carbocycles. The number of halogens is 2. The van der Waals surface area contributed by atoms with Crippen LogP contribution in [0.2, 0.25) is 0 Å². The van der Waals surface area contributed by atoms with E-state index in [9.17, 15) is 23.2 Å². The van der Waals surface area contributed by atoms with E-state index in [1.165, 1.54) is 6.08 Å². The van der Waals surface area contributed by atoms with Crippen LogP contribution in [0.3, 0.4) is 0 Å². The molecule has 0 amide bonds. The Morgan fingerprint density at radius 1 is 1.10 bits per heavy atom. The van der Waals surface area contributed by atoms with Gasteiger partial charge in [0.1, 0.15) is 5.60 Å². The molecule has 2 aliphatic rings. The van der Waals surface area contributed by atoms with Crippen molar-refractivity contribution in [3.05, 3.63) is 12.2 Å². The van der Waals surface area contributed by atoms with E-state index in [0.717, 1.165) is 57.8 Å². The highest BCUT2D eigenvalue weighted by molar-refractivity contribution is 5.90. The van der Waals surface area contributed by atoms with Crippen molar-refractivity contribution in [3.63, 3.8) is 0 Å². The van der Waals surface area contributed by atoms with Crippen molar-refractivity contribution in [1.82, 2.24) is 0 Å². The molecule has 0 aromatic carbocycles. The number of ether oxygens (including phenoxy) is 3. The van der Waals surface area contributed by atoms with Gasteiger partial charge in [0.05, 0.1) is 18.8 Å². The van der Waals surface area contributed by atoms with Gasteiger partial charge in [-0.05, 0) is 71.1 Å². The Bertz CT molecular complexity index is 805. The largest absolute Gasteiger partial charge is 0.460 e. The number of unbranched alkanes of at least 4 members (excludes halogenated alkanes) is 7. The maximum absolute atomic E-state index is 14.5. The lowest BCUT2D eigenvalue weighted by atomic mass is 9.81. The highest BCUT2D eigenvalue weighted by Crippen LogP contribution is 2.44. The summed E-state index contributed by atoms with van der Waals surface area (Å²) in [5.41, 5.74) is -1.03. The topological polar surface area (TPSA) is 78.9 Å². The SMILES string of the molecule is CCCCCCC(F)(F)C(=O)CC[C@H]1CCC(=O)[C@]1(CCCCCCC=CC(=O)OC(C)C)OC1CCCOC1. The average Bonchev–Trinajstić information content (AvgIpc) is 3.21. The van der Waals surface area contributed by atoms with Crippen LogP contribution in [0.1, 0.15) is 130 Å². The molecule has 1 aliphatic heterocycles. The molecule has 0 aromatic heterocycles. The van der Waals surface area contributed by atoms with Crippen LogP contribution in [0.15, 0.2) is 12.2 Å². The summed E-state index contributed by atoms with van der Waals surface area (Å²) in [5, 5.41) is 0. The predicted molar refractivity (Wildman–Crippen MR) is 151 cm³/mol. The second kappa shape index (κ2) is 18.0. The molecule has 0 N–H and O–H groups in total. The van der Waals surface area contributed by atoms with Gasteiger partial charge >= 0.3 is 11.9 Å². The maximum atomic E-state index is 14.5. The molecule has 1 unspecified atom stereocenters. The van der Waals surface area contributed by atoms with Crippen LogP contribution in [0, 0.1) is 5.92 Å². The molecule has 8 heteroatoms. The molecule has 2 rings (SSSR count). The first-order valence-electron chi connectivity index (χ1n) is 15.7. The van der Waals surface area contributed by atoms with Gasteiger partial charge in [0.2, 0.25) is 5.78 Å². The number of carbonyl (C=O) groups excluding carboxylic acids is 3. The zero-order valence-corrected chi connectivity index (χ0v) is 25.0. The molecule has 40 heavy (non-hydrogen) atoms. The van der Waals surface area contributed by atoms with Crippen LogP contribution in [0.5, 0.6) is 0 Å². The van der Waals surface area contributed by atoms with E-state index < -0.39 is 23.7 Å². The van der Waals surface area contributed by atoms with Gasteiger partial charge in [0, 0.05) is 31.9 Å². The first-order chi connectivity index (χ1) is 19.1. The third kappa shape index (κ3) is 11.7. The number of rotatable bonds is 20. The van der Waals surface area contributed by atoms with E-state index in [2.05, 4.69) is 0 Å². The quantitative estimate of drug-likeness (QED) is 0.0848. The monoisotopic (exact) mass is 570 g/mol. The second-order valence-corrected chi connectivity index (χ2v) is 11.8. The Hall–Kier alpha value is -1.67. The molecule has 3 atom stereocenters. The summed E-state index contributed by atoms with van der Waals surface area (Å²) in [6.45, 7) is 6.75. The normalized spacial score (nSPS) is 23.8. The predicted octanol–water partition coefficient (Wildman–Crippen LogP) is 7.70. The Labute approximate surface area is 240 Å². The van der Waals surface area contributed by atoms with Crippen molar-refractivity contribution in [2.75, 3.05) is 13.2 Å². The summed E-state index contributed by atoms with van der Waals surface area (Å²) in [4.78, 5) is 37.4. The fourth-order valence-corrected chi connectivity index (χ4v) is 5.88. The molecule has 230 valence electrons. The smallest absolute Gasteiger partial charge is 0.330 e. The first-order valence-corrected chi connectivity index (χ1v) is 15.7. The Balaban J connectivity index is 1.93. The molecule has 0 radical (unpaired) electrons. The van der Waals surface area contributed by atoms with Crippen LogP contribution >= 0.6 is 0 Å². The summed E-state index contributed by atoms with van der Waals surface area (Å²) in [5.74, 6) is -4.86. The van der Waals surface area contributed by atoms with Crippen LogP contribution in [-0.2, 0) is 28.6 Å². The summed E-state index contributed by atoms with van der Waals surface area (Å²) in [6.07, 6.45) is 12.9. The van der Waals surface area contributed by atoms with Crippen molar-refractivity contribution in [2.45, 2.75) is 154 Å². The van der Waals surface area contributed by atoms with Crippen LogP contribution in [-0.4, -0.2) is 54.5 Å². The minimum absolute atomic E-state index is 0.0356. The van der Waals surface area contributed by atoms with Crippen molar-refractivity contribution >= 4 is 17.5 Å². The number of allylic oxidation sites excluding steroid dienone is 1. The Morgan fingerprint density at radius 3 is 2.55 bits per heavy atom. The van der Waals surface area contributed by atoms with E-state index in [1.807, 2.05) is 26.8 Å². The molecule has 1 saturated carbocycles. The minimum Gasteiger partial charge on any atom is -0.460 e. The number of hydrogen-bond acceptors (Lipinski definition) is 6. The molecule has 0 bridgehead atoms. The number of ketones is 2. The fourth-order valence-electron chi connectivity index (χ4n) is 5.88. The minimum atomic E-state index is -3.31. The van der Waals surface area contributed by atoms with Crippen molar-refractivity contribution in [1.29, 1.82) is 0 Å². The van der Waals surface area contributed by atoms with Crippen molar-refractivity contribution in [2.24, 2.45) is 5.92 Å². The van der Waals surface area contributed by atoms with Crippen molar-refractivity contribution in [3.8, 4) is 0 Å². The third-order valence-electron chi connectivity index (χ3n) is 8.09. The van der Waals surface area contributed by atoms with Gasteiger partial charge in [-0.2, -0.15) is 8.78 Å². The summed E-state index contributed by atoms with van der Waals surface area (Å²) >= 11 is 0. The third-order valence-corrected chi connectivity index (χ3v) is 8.09. The maximum Gasteiger partial charge on any atom is 0.330 e. The summed E-state index contributed by atoms with van der Waals surface area (Å²) in [6, 6.07) is 0. The lowest BCUT2D eigenvalue weighted by Crippen LogP contribution is -2.48. The van der Waals surface area contributed by atoms with Gasteiger partial charge in [-0.1, -0.05) is 51.5 Å². The molecule has 0 spiro atoms. The van der Waals surface area contributed by atoms with Gasteiger partial charge in [0.25, 0.3) is 0 Å². The van der Waals surface area contributed by atoms with E-state index in [4.69, 9.17) is 14.2 Å². The van der Waals surface area contributed by atoms with Crippen LogP contribution in [0.4, 0.5) is 8.78 Å². The van der Waals surface area contributed by atoms with Gasteiger partial charge in [-0.3, -0.25) is 9.59 Å². The van der Waals surface area contributed by atoms with Gasteiger partial charge in [0.15, 0.2) is 5.78 Å². The van der Waals surface area contributed by atoms with E-state index in [0.29, 0.717) is 45.3 Å².